The molecule has 7 heteroatoms. The lowest BCUT2D eigenvalue weighted by Crippen LogP contribution is -2.42. The normalized spacial score (nSPS) is 12.8. The number of esters is 2. The van der Waals surface area contributed by atoms with Crippen molar-refractivity contribution in [3.05, 3.63) is 11.3 Å². The Bertz CT molecular complexity index is 463. The first kappa shape index (κ1) is 39.8. The predicted molar refractivity (Wildman–Crippen MR) is 110 cm³/mol. The number of ketones is 2. The second-order valence-electron chi connectivity index (χ2n) is 4.91. The summed E-state index contributed by atoms with van der Waals surface area (Å²) >= 11 is 0. The van der Waals surface area contributed by atoms with Gasteiger partial charge in [0.25, 0.3) is 5.79 Å². The van der Waals surface area contributed by atoms with Gasteiger partial charge in [-0.2, -0.15) is 0 Å². The van der Waals surface area contributed by atoms with Gasteiger partial charge in [-0.15, -0.1) is 0 Å². The molecule has 7 nitrogen and oxygen atoms in total. The van der Waals surface area contributed by atoms with Crippen LogP contribution in [-0.4, -0.2) is 34.4 Å². The van der Waals surface area contributed by atoms with Crippen molar-refractivity contribution in [1.82, 2.24) is 0 Å². The molecule has 1 aliphatic rings. The zero-order chi connectivity index (χ0) is 18.8. The number of rotatable bonds is 3. The third-order valence-electron chi connectivity index (χ3n) is 2.29. The van der Waals surface area contributed by atoms with E-state index >= 15 is 0 Å². The summed E-state index contributed by atoms with van der Waals surface area (Å²) in [5.41, 5.74) is -0.445. The van der Waals surface area contributed by atoms with Crippen molar-refractivity contribution in [3.8, 4) is 0 Å². The summed E-state index contributed by atoms with van der Waals surface area (Å²) in [5.74, 6) is -3.39. The van der Waals surface area contributed by atoms with Crippen molar-refractivity contribution in [1.29, 1.82) is 0 Å². The first-order valence-corrected chi connectivity index (χ1v) is 7.37. The lowest BCUT2D eigenvalue weighted by Gasteiger charge is -2.29. The number of aliphatic hydroxyl groups is 1. The second-order valence-corrected chi connectivity index (χ2v) is 4.91. The molecule has 0 unspecified atom stereocenters. The van der Waals surface area contributed by atoms with Gasteiger partial charge in [0, 0.05) is 20.3 Å². The van der Waals surface area contributed by atoms with Crippen LogP contribution >= 0.6 is 0 Å². The number of Topliss-reactive ketones (excluding diaryl/α,β-unsaturated/α-hetero) is 2. The van der Waals surface area contributed by atoms with E-state index in [1.54, 1.807) is 6.92 Å². The summed E-state index contributed by atoms with van der Waals surface area (Å²) in [4.78, 5) is 42.8. The standard InChI is InChI=1S/C8H10O5.C6H10O2.C2H6.4CH4/c1-4(9)5-6(10)12-8(2,3)13-7(5)11;1-3-6(8)4-5(2)7;1-2;;;;/h9H,1-3H3;3-4H2,1-2H3;1-2H3;4*1H4. The van der Waals surface area contributed by atoms with Crippen molar-refractivity contribution in [2.75, 3.05) is 0 Å². The van der Waals surface area contributed by atoms with Gasteiger partial charge in [-0.3, -0.25) is 9.59 Å². The maximum absolute atomic E-state index is 11.1. The number of cyclic esters (lactones) is 2. The number of carbonyl (C=O) groups excluding carboxylic acids is 4. The van der Waals surface area contributed by atoms with Gasteiger partial charge in [-0.05, 0) is 13.8 Å². The molecule has 1 rings (SSSR count). The topological polar surface area (TPSA) is 107 Å². The van der Waals surface area contributed by atoms with Crippen LogP contribution in [0.4, 0.5) is 0 Å². The number of ether oxygens (including phenoxy) is 2. The predicted octanol–water partition coefficient (Wildman–Crippen LogP) is 5.17. The molecule has 27 heavy (non-hydrogen) atoms. The molecule has 0 bridgehead atoms. The smallest absolute Gasteiger partial charge is 0.352 e. The van der Waals surface area contributed by atoms with E-state index in [0.29, 0.717) is 6.42 Å². The average Bonchev–Trinajstić information content (AvgIpc) is 2.37. The van der Waals surface area contributed by atoms with Crippen LogP contribution < -0.4 is 0 Å². The quantitative estimate of drug-likeness (QED) is 0.231. The molecule has 1 fully saturated rings. The Morgan fingerprint density at radius 2 is 1.26 bits per heavy atom. The van der Waals surface area contributed by atoms with Crippen LogP contribution in [0.5, 0.6) is 0 Å². The number of carbonyl (C=O) groups is 4. The minimum Gasteiger partial charge on any atom is -0.511 e. The van der Waals surface area contributed by atoms with Gasteiger partial charge in [-0.1, -0.05) is 50.5 Å². The monoisotopic (exact) mass is 394 g/mol. The van der Waals surface area contributed by atoms with Gasteiger partial charge in [0.15, 0.2) is 5.57 Å². The van der Waals surface area contributed by atoms with E-state index in [9.17, 15) is 19.2 Å². The summed E-state index contributed by atoms with van der Waals surface area (Å²) in [6.07, 6.45) is 0.579. The first-order valence-electron chi connectivity index (χ1n) is 7.37. The van der Waals surface area contributed by atoms with E-state index in [1.807, 2.05) is 13.8 Å². The Labute approximate surface area is 166 Å². The average molecular weight is 395 g/mol. The number of aliphatic hydroxyl groups excluding tert-OH is 1. The molecule has 0 saturated carbocycles. The molecule has 0 aromatic heterocycles. The van der Waals surface area contributed by atoms with Crippen LogP contribution in [0.2, 0.25) is 0 Å². The molecule has 0 spiro atoms. The van der Waals surface area contributed by atoms with Crippen LogP contribution in [0, 0.1) is 0 Å². The van der Waals surface area contributed by atoms with E-state index in [2.05, 4.69) is 0 Å². The van der Waals surface area contributed by atoms with Crippen molar-refractivity contribution in [3.63, 3.8) is 0 Å². The zero-order valence-corrected chi connectivity index (χ0v) is 14.8. The van der Waals surface area contributed by atoms with Gasteiger partial charge in [0.05, 0.1) is 6.42 Å². The second kappa shape index (κ2) is 18.6. The number of allylic oxidation sites excluding steroid dienone is 1. The van der Waals surface area contributed by atoms with E-state index in [4.69, 9.17) is 14.6 Å². The fraction of sp³-hybridized carbons (Fsp3) is 0.700. The van der Waals surface area contributed by atoms with Gasteiger partial charge >= 0.3 is 11.9 Å². The SMILES string of the molecule is C.C.C.C.CC.CC(O)=C1C(=O)OC(C)(C)OC1=O.CCC(=O)CC(C)=O. The minimum absolute atomic E-state index is 0. The molecule has 0 radical (unpaired) electrons. The summed E-state index contributed by atoms with van der Waals surface area (Å²) in [6, 6.07) is 0. The van der Waals surface area contributed by atoms with Gasteiger partial charge < -0.3 is 14.6 Å². The molecule has 1 saturated heterocycles. The van der Waals surface area contributed by atoms with Crippen molar-refractivity contribution < 1.29 is 33.8 Å². The largest absolute Gasteiger partial charge is 0.511 e. The minimum atomic E-state index is -1.26. The van der Waals surface area contributed by atoms with E-state index in [-0.39, 0.29) is 47.7 Å². The highest BCUT2D eigenvalue weighted by atomic mass is 16.7. The maximum atomic E-state index is 11.1. The number of hydrogen-bond donors (Lipinski definition) is 1. The summed E-state index contributed by atoms with van der Waals surface area (Å²) in [5, 5.41) is 8.97. The van der Waals surface area contributed by atoms with Crippen LogP contribution in [0.3, 0.4) is 0 Å². The Hall–Kier alpha value is -2.18. The molecule has 164 valence electrons. The molecule has 1 aliphatic heterocycles. The Morgan fingerprint density at radius 1 is 0.926 bits per heavy atom. The molecular weight excluding hydrogens is 352 g/mol. The summed E-state index contributed by atoms with van der Waals surface area (Å²) < 4.78 is 9.44. The summed E-state index contributed by atoms with van der Waals surface area (Å²) in [6.45, 7) is 11.3. The van der Waals surface area contributed by atoms with Crippen LogP contribution in [0.25, 0.3) is 0 Å². The Balaban J connectivity index is -0.0000000702. The third-order valence-corrected chi connectivity index (χ3v) is 2.29. The van der Waals surface area contributed by atoms with Crippen molar-refractivity contribution in [2.45, 2.75) is 96.8 Å². The highest BCUT2D eigenvalue weighted by Gasteiger charge is 2.40. The Morgan fingerprint density at radius 3 is 1.44 bits per heavy atom. The molecule has 0 aliphatic carbocycles. The fourth-order valence-electron chi connectivity index (χ4n) is 1.35. The van der Waals surface area contributed by atoms with Crippen molar-refractivity contribution in [2.24, 2.45) is 0 Å². The first-order chi connectivity index (χ1) is 10.5. The van der Waals surface area contributed by atoms with Gasteiger partial charge in [-0.25, -0.2) is 9.59 Å². The van der Waals surface area contributed by atoms with Gasteiger partial charge in [0.2, 0.25) is 0 Å². The lowest BCUT2D eigenvalue weighted by molar-refractivity contribution is -0.222. The Kier molecular flexibility index (Phi) is 27.4. The highest BCUT2D eigenvalue weighted by Crippen LogP contribution is 2.23. The van der Waals surface area contributed by atoms with Crippen LogP contribution in [0.15, 0.2) is 11.3 Å². The van der Waals surface area contributed by atoms with E-state index in [1.165, 1.54) is 27.7 Å². The van der Waals surface area contributed by atoms with Crippen LogP contribution in [0.1, 0.15) is 91.0 Å². The van der Waals surface area contributed by atoms with E-state index in [0.717, 1.165) is 0 Å². The van der Waals surface area contributed by atoms with Crippen LogP contribution in [-0.2, 0) is 28.7 Å². The molecule has 0 amide bonds. The van der Waals surface area contributed by atoms with Crippen molar-refractivity contribution >= 4 is 23.5 Å². The molecule has 0 atom stereocenters. The fourth-order valence-corrected chi connectivity index (χ4v) is 1.35. The zero-order valence-electron chi connectivity index (χ0n) is 14.8. The highest BCUT2D eigenvalue weighted by molar-refractivity contribution is 6.15. The number of hydrogen-bond acceptors (Lipinski definition) is 7. The third kappa shape index (κ3) is 17.0. The lowest BCUT2D eigenvalue weighted by atomic mass is 10.2. The maximum Gasteiger partial charge on any atom is 0.352 e. The van der Waals surface area contributed by atoms with E-state index < -0.39 is 29.1 Å². The van der Waals surface area contributed by atoms with Gasteiger partial charge in [0.1, 0.15) is 17.3 Å². The molecule has 0 aromatic carbocycles. The molecular formula is C20H42O7. The molecule has 1 N–H and O–H groups in total. The molecule has 1 heterocycles. The summed E-state index contributed by atoms with van der Waals surface area (Å²) in [7, 11) is 0. The molecule has 0 aromatic rings.